The second-order valence-corrected chi connectivity index (χ2v) is 6.84. The molecule has 0 aliphatic heterocycles. The third-order valence-corrected chi connectivity index (χ3v) is 4.28. The number of hydrogen-bond acceptors (Lipinski definition) is 3. The maximum atomic E-state index is 12.9. The lowest BCUT2D eigenvalue weighted by Gasteiger charge is -2.18. The molecule has 1 unspecified atom stereocenters. The molecule has 3 rings (SSSR count). The first-order chi connectivity index (χ1) is 14.0. The Labute approximate surface area is 170 Å². The van der Waals surface area contributed by atoms with Gasteiger partial charge in [-0.15, -0.1) is 0 Å². The summed E-state index contributed by atoms with van der Waals surface area (Å²) >= 11 is 0. The molecule has 4 heteroatoms. The van der Waals surface area contributed by atoms with Gasteiger partial charge in [-0.25, -0.2) is 4.79 Å². The fourth-order valence-electron chi connectivity index (χ4n) is 3.04. The highest BCUT2D eigenvalue weighted by atomic mass is 16.5. The summed E-state index contributed by atoms with van der Waals surface area (Å²) in [7, 11) is 0. The molecule has 0 aromatic heterocycles. The quantitative estimate of drug-likeness (QED) is 0.466. The SMILES string of the molecule is Cc1cc(C)cc(NC(=O)C(OC(=O)/C=C/c2ccccc2)c2ccccc2)c1. The van der Waals surface area contributed by atoms with Gasteiger partial charge in [0.15, 0.2) is 0 Å². The predicted octanol–water partition coefficient (Wildman–Crippen LogP) is 5.24. The van der Waals surface area contributed by atoms with Crippen molar-refractivity contribution in [1.82, 2.24) is 0 Å². The van der Waals surface area contributed by atoms with E-state index < -0.39 is 18.0 Å². The van der Waals surface area contributed by atoms with Gasteiger partial charge in [0, 0.05) is 17.3 Å². The van der Waals surface area contributed by atoms with E-state index in [2.05, 4.69) is 5.32 Å². The first-order valence-corrected chi connectivity index (χ1v) is 9.39. The van der Waals surface area contributed by atoms with Crippen LogP contribution in [0.3, 0.4) is 0 Å². The van der Waals surface area contributed by atoms with Gasteiger partial charge in [-0.3, -0.25) is 4.79 Å². The van der Waals surface area contributed by atoms with Crippen LogP contribution < -0.4 is 5.32 Å². The normalized spacial score (nSPS) is 11.8. The largest absolute Gasteiger partial charge is 0.444 e. The third kappa shape index (κ3) is 5.91. The van der Waals surface area contributed by atoms with E-state index in [1.807, 2.05) is 68.4 Å². The van der Waals surface area contributed by atoms with E-state index in [-0.39, 0.29) is 0 Å². The Morgan fingerprint density at radius 3 is 2.07 bits per heavy atom. The van der Waals surface area contributed by atoms with Crippen LogP contribution in [0, 0.1) is 13.8 Å². The lowest BCUT2D eigenvalue weighted by Crippen LogP contribution is -2.25. The van der Waals surface area contributed by atoms with Crippen molar-refractivity contribution in [2.75, 3.05) is 5.32 Å². The lowest BCUT2D eigenvalue weighted by atomic mass is 10.1. The predicted molar refractivity (Wildman–Crippen MR) is 115 cm³/mol. The second kappa shape index (κ2) is 9.51. The van der Waals surface area contributed by atoms with Crippen LogP contribution in [0.25, 0.3) is 6.08 Å². The van der Waals surface area contributed by atoms with E-state index in [4.69, 9.17) is 4.74 Å². The summed E-state index contributed by atoms with van der Waals surface area (Å²) in [5.74, 6) is -0.985. The molecule has 1 atom stereocenters. The van der Waals surface area contributed by atoms with Gasteiger partial charge < -0.3 is 10.1 Å². The van der Waals surface area contributed by atoms with Crippen molar-refractivity contribution in [2.45, 2.75) is 20.0 Å². The van der Waals surface area contributed by atoms with Crippen LogP contribution in [0.5, 0.6) is 0 Å². The summed E-state index contributed by atoms with van der Waals surface area (Å²) in [6, 6.07) is 24.2. The molecule has 29 heavy (non-hydrogen) atoms. The maximum Gasteiger partial charge on any atom is 0.331 e. The molecule has 0 saturated heterocycles. The molecule has 3 aromatic rings. The standard InChI is InChI=1S/C25H23NO3/c1-18-15-19(2)17-22(16-18)26-25(28)24(21-11-7-4-8-12-21)29-23(27)14-13-20-9-5-3-6-10-20/h3-17,24H,1-2H3,(H,26,28)/b14-13+. The Bertz CT molecular complexity index is 991. The molecule has 0 aliphatic carbocycles. The Morgan fingerprint density at radius 1 is 0.862 bits per heavy atom. The number of hydrogen-bond donors (Lipinski definition) is 1. The number of amides is 1. The van der Waals surface area contributed by atoms with Gasteiger partial charge >= 0.3 is 5.97 Å². The highest BCUT2D eigenvalue weighted by Crippen LogP contribution is 2.22. The average Bonchev–Trinajstić information content (AvgIpc) is 2.71. The van der Waals surface area contributed by atoms with E-state index in [0.29, 0.717) is 11.3 Å². The van der Waals surface area contributed by atoms with Crippen LogP contribution in [-0.4, -0.2) is 11.9 Å². The summed E-state index contributed by atoms with van der Waals surface area (Å²) < 4.78 is 5.51. The minimum Gasteiger partial charge on any atom is -0.444 e. The molecular weight excluding hydrogens is 362 g/mol. The molecule has 1 N–H and O–H groups in total. The average molecular weight is 385 g/mol. The van der Waals surface area contributed by atoms with Crippen molar-refractivity contribution >= 4 is 23.6 Å². The van der Waals surface area contributed by atoms with Crippen LogP contribution in [0.2, 0.25) is 0 Å². The molecule has 146 valence electrons. The van der Waals surface area contributed by atoms with Gasteiger partial charge in [0.2, 0.25) is 6.10 Å². The Balaban J connectivity index is 1.78. The van der Waals surface area contributed by atoms with Crippen molar-refractivity contribution in [3.63, 3.8) is 0 Å². The van der Waals surface area contributed by atoms with Gasteiger partial charge in [-0.05, 0) is 48.7 Å². The Hall–Kier alpha value is -3.66. The number of carbonyl (C=O) groups is 2. The van der Waals surface area contributed by atoms with E-state index in [0.717, 1.165) is 16.7 Å². The maximum absolute atomic E-state index is 12.9. The van der Waals surface area contributed by atoms with Crippen LogP contribution in [0.4, 0.5) is 5.69 Å². The summed E-state index contributed by atoms with van der Waals surface area (Å²) in [6.45, 7) is 3.93. The van der Waals surface area contributed by atoms with Gasteiger partial charge in [0.05, 0.1) is 0 Å². The van der Waals surface area contributed by atoms with Crippen LogP contribution in [0.1, 0.15) is 28.4 Å². The zero-order valence-corrected chi connectivity index (χ0v) is 16.5. The Morgan fingerprint density at radius 2 is 1.45 bits per heavy atom. The van der Waals surface area contributed by atoms with Gasteiger partial charge in [0.1, 0.15) is 0 Å². The zero-order chi connectivity index (χ0) is 20.6. The molecule has 0 radical (unpaired) electrons. The molecular formula is C25H23NO3. The summed E-state index contributed by atoms with van der Waals surface area (Å²) in [5.41, 5.74) is 4.24. The smallest absolute Gasteiger partial charge is 0.331 e. The zero-order valence-electron chi connectivity index (χ0n) is 16.5. The van der Waals surface area contributed by atoms with Crippen molar-refractivity contribution in [2.24, 2.45) is 0 Å². The first-order valence-electron chi connectivity index (χ1n) is 9.39. The van der Waals surface area contributed by atoms with Crippen molar-refractivity contribution < 1.29 is 14.3 Å². The van der Waals surface area contributed by atoms with Crippen molar-refractivity contribution in [3.05, 3.63) is 107 Å². The molecule has 0 fully saturated rings. The van der Waals surface area contributed by atoms with E-state index in [9.17, 15) is 9.59 Å². The molecule has 0 saturated carbocycles. The molecule has 0 aliphatic rings. The number of benzene rings is 3. The molecule has 0 heterocycles. The second-order valence-electron chi connectivity index (χ2n) is 6.84. The molecule has 3 aromatic carbocycles. The number of aryl methyl sites for hydroxylation is 2. The topological polar surface area (TPSA) is 55.4 Å². The minimum absolute atomic E-state index is 0.400. The summed E-state index contributed by atoms with van der Waals surface area (Å²) in [4.78, 5) is 25.3. The highest BCUT2D eigenvalue weighted by molar-refractivity contribution is 5.97. The van der Waals surface area contributed by atoms with Gasteiger partial charge in [0.25, 0.3) is 5.91 Å². The molecule has 4 nitrogen and oxygen atoms in total. The van der Waals surface area contributed by atoms with E-state index in [1.54, 1.807) is 30.3 Å². The summed E-state index contributed by atoms with van der Waals surface area (Å²) in [5, 5.41) is 2.86. The number of rotatable bonds is 6. The van der Waals surface area contributed by atoms with E-state index >= 15 is 0 Å². The number of nitrogens with one attached hydrogen (secondary N) is 1. The first kappa shape index (κ1) is 20.1. The molecule has 0 spiro atoms. The molecule has 1 amide bonds. The molecule has 0 bridgehead atoms. The minimum atomic E-state index is -1.05. The summed E-state index contributed by atoms with van der Waals surface area (Å²) in [6.07, 6.45) is 1.94. The van der Waals surface area contributed by atoms with Crippen LogP contribution in [0.15, 0.2) is 84.9 Å². The van der Waals surface area contributed by atoms with E-state index in [1.165, 1.54) is 6.08 Å². The highest BCUT2D eigenvalue weighted by Gasteiger charge is 2.24. The van der Waals surface area contributed by atoms with Crippen LogP contribution >= 0.6 is 0 Å². The van der Waals surface area contributed by atoms with Gasteiger partial charge in [-0.2, -0.15) is 0 Å². The number of ether oxygens (including phenoxy) is 1. The third-order valence-electron chi connectivity index (χ3n) is 4.28. The van der Waals surface area contributed by atoms with Crippen LogP contribution in [-0.2, 0) is 14.3 Å². The number of carbonyl (C=O) groups excluding carboxylic acids is 2. The Kier molecular flexibility index (Phi) is 6.59. The van der Waals surface area contributed by atoms with Crippen molar-refractivity contribution in [3.8, 4) is 0 Å². The monoisotopic (exact) mass is 385 g/mol. The number of esters is 1. The van der Waals surface area contributed by atoms with Crippen molar-refractivity contribution in [1.29, 1.82) is 0 Å². The lowest BCUT2D eigenvalue weighted by molar-refractivity contribution is -0.149. The fourth-order valence-corrected chi connectivity index (χ4v) is 3.04. The number of anilines is 1. The van der Waals surface area contributed by atoms with Gasteiger partial charge in [-0.1, -0.05) is 66.7 Å². The fraction of sp³-hybridized carbons (Fsp3) is 0.120.